The van der Waals surface area contributed by atoms with Crippen LogP contribution < -0.4 is 15.5 Å². The number of nitrogens with one attached hydrogen (secondary N) is 2. The number of anilines is 1. The van der Waals surface area contributed by atoms with Gasteiger partial charge in [0.15, 0.2) is 0 Å². The Bertz CT molecular complexity index is 488. The van der Waals surface area contributed by atoms with Crippen molar-refractivity contribution >= 4 is 24.0 Å². The molecule has 1 aliphatic heterocycles. The van der Waals surface area contributed by atoms with E-state index in [0.717, 1.165) is 25.9 Å². The van der Waals surface area contributed by atoms with E-state index in [1.54, 1.807) is 7.05 Å². The first-order valence-corrected chi connectivity index (χ1v) is 8.19. The van der Waals surface area contributed by atoms with E-state index in [1.807, 2.05) is 0 Å². The Kier molecular flexibility index (Phi) is 7.36. The van der Waals surface area contributed by atoms with E-state index in [2.05, 4.69) is 60.6 Å². The van der Waals surface area contributed by atoms with Gasteiger partial charge in [-0.3, -0.25) is 4.79 Å². The van der Waals surface area contributed by atoms with Crippen LogP contribution in [0.15, 0.2) is 24.3 Å². The van der Waals surface area contributed by atoms with Gasteiger partial charge in [0.25, 0.3) is 0 Å². The standard InChI is InChI=1S/C18H29N3O.ClH/c1-18(2,3)14-5-7-16(8-6-14)21-11-9-15(10-12-21)20-17(22)13-19-4;/h5-8,15,19H,9-13H2,1-4H3,(H,20,22);1H. The summed E-state index contributed by atoms with van der Waals surface area (Å²) in [5.74, 6) is 0.0930. The van der Waals surface area contributed by atoms with Crippen LogP contribution in [0.25, 0.3) is 0 Å². The molecule has 1 heterocycles. The van der Waals surface area contributed by atoms with Crippen LogP contribution >= 0.6 is 12.4 Å². The van der Waals surface area contributed by atoms with E-state index in [-0.39, 0.29) is 23.7 Å². The Hall–Kier alpha value is -1.26. The number of hydrogen-bond acceptors (Lipinski definition) is 3. The molecular weight excluding hydrogens is 310 g/mol. The second-order valence-corrected chi connectivity index (χ2v) is 7.16. The summed E-state index contributed by atoms with van der Waals surface area (Å²) in [6, 6.07) is 9.22. The molecule has 5 heteroatoms. The summed E-state index contributed by atoms with van der Waals surface area (Å²) in [6.07, 6.45) is 2.02. The molecule has 0 atom stereocenters. The van der Waals surface area contributed by atoms with Gasteiger partial charge in [0.2, 0.25) is 5.91 Å². The number of nitrogens with zero attached hydrogens (tertiary/aromatic N) is 1. The van der Waals surface area contributed by atoms with Crippen molar-refractivity contribution < 1.29 is 4.79 Å². The average Bonchev–Trinajstić information content (AvgIpc) is 2.47. The van der Waals surface area contributed by atoms with Crippen LogP contribution in [0.4, 0.5) is 5.69 Å². The minimum absolute atomic E-state index is 0. The minimum Gasteiger partial charge on any atom is -0.371 e. The average molecular weight is 340 g/mol. The molecule has 0 aliphatic carbocycles. The minimum atomic E-state index is 0. The quantitative estimate of drug-likeness (QED) is 0.886. The second-order valence-electron chi connectivity index (χ2n) is 7.16. The molecule has 1 aliphatic rings. The third-order valence-corrected chi connectivity index (χ3v) is 4.30. The topological polar surface area (TPSA) is 44.4 Å². The summed E-state index contributed by atoms with van der Waals surface area (Å²) in [7, 11) is 1.80. The zero-order valence-corrected chi connectivity index (χ0v) is 15.5. The number of hydrogen-bond donors (Lipinski definition) is 2. The smallest absolute Gasteiger partial charge is 0.234 e. The highest BCUT2D eigenvalue weighted by atomic mass is 35.5. The first-order chi connectivity index (χ1) is 10.4. The van der Waals surface area contributed by atoms with Gasteiger partial charge < -0.3 is 15.5 Å². The molecule has 0 unspecified atom stereocenters. The van der Waals surface area contributed by atoms with Gasteiger partial charge in [0.05, 0.1) is 6.54 Å². The lowest BCUT2D eigenvalue weighted by atomic mass is 9.87. The lowest BCUT2D eigenvalue weighted by Gasteiger charge is -2.34. The van der Waals surface area contributed by atoms with Crippen molar-refractivity contribution in [3.8, 4) is 0 Å². The molecule has 2 rings (SSSR count). The van der Waals surface area contributed by atoms with Gasteiger partial charge in [-0.2, -0.15) is 0 Å². The zero-order chi connectivity index (χ0) is 16.2. The third kappa shape index (κ3) is 5.70. The lowest BCUT2D eigenvalue weighted by molar-refractivity contribution is -0.120. The number of rotatable bonds is 4. The van der Waals surface area contributed by atoms with Crippen LogP contribution in [0.5, 0.6) is 0 Å². The summed E-state index contributed by atoms with van der Waals surface area (Å²) in [6.45, 7) is 9.11. The van der Waals surface area contributed by atoms with E-state index < -0.39 is 0 Å². The van der Waals surface area contributed by atoms with Gasteiger partial charge in [-0.1, -0.05) is 32.9 Å². The molecule has 1 amide bonds. The monoisotopic (exact) mass is 339 g/mol. The number of carbonyl (C=O) groups is 1. The molecule has 0 bridgehead atoms. The normalized spacial score (nSPS) is 15.9. The molecular formula is C18H30ClN3O. The SMILES string of the molecule is CNCC(=O)NC1CCN(c2ccc(C(C)(C)C)cc2)CC1.Cl. The first-order valence-electron chi connectivity index (χ1n) is 8.19. The lowest BCUT2D eigenvalue weighted by Crippen LogP contribution is -2.46. The first kappa shape index (κ1) is 19.8. The number of benzene rings is 1. The summed E-state index contributed by atoms with van der Waals surface area (Å²) in [5.41, 5.74) is 2.85. The summed E-state index contributed by atoms with van der Waals surface area (Å²) >= 11 is 0. The molecule has 1 fully saturated rings. The maximum atomic E-state index is 11.6. The summed E-state index contributed by atoms with van der Waals surface area (Å²) in [5, 5.41) is 5.98. The summed E-state index contributed by atoms with van der Waals surface area (Å²) in [4.78, 5) is 14.0. The third-order valence-electron chi connectivity index (χ3n) is 4.30. The molecule has 23 heavy (non-hydrogen) atoms. The largest absolute Gasteiger partial charge is 0.371 e. The fourth-order valence-electron chi connectivity index (χ4n) is 2.89. The molecule has 2 N–H and O–H groups in total. The number of halogens is 1. The highest BCUT2D eigenvalue weighted by Gasteiger charge is 2.21. The van der Waals surface area contributed by atoms with Gasteiger partial charge in [-0.05, 0) is 43.0 Å². The van der Waals surface area contributed by atoms with E-state index >= 15 is 0 Å². The molecule has 1 aromatic rings. The van der Waals surface area contributed by atoms with Crippen molar-refractivity contribution in [2.45, 2.75) is 45.1 Å². The number of piperidine rings is 1. The van der Waals surface area contributed by atoms with E-state index in [4.69, 9.17) is 0 Å². The molecule has 0 spiro atoms. The second kappa shape index (κ2) is 8.55. The Balaban J connectivity index is 0.00000264. The van der Waals surface area contributed by atoms with E-state index in [1.165, 1.54) is 11.3 Å². The van der Waals surface area contributed by atoms with Crippen LogP contribution in [0.1, 0.15) is 39.2 Å². The van der Waals surface area contributed by atoms with Crippen LogP contribution in [0.2, 0.25) is 0 Å². The Morgan fingerprint density at radius 1 is 1.17 bits per heavy atom. The number of carbonyl (C=O) groups excluding carboxylic acids is 1. The van der Waals surface area contributed by atoms with Gasteiger partial charge in [-0.25, -0.2) is 0 Å². The highest BCUT2D eigenvalue weighted by molar-refractivity contribution is 5.85. The van der Waals surface area contributed by atoms with Crippen molar-refractivity contribution in [3.05, 3.63) is 29.8 Å². The molecule has 0 radical (unpaired) electrons. The van der Waals surface area contributed by atoms with Gasteiger partial charge >= 0.3 is 0 Å². The molecule has 0 saturated carbocycles. The summed E-state index contributed by atoms with van der Waals surface area (Å²) < 4.78 is 0. The number of likely N-dealkylation sites (N-methyl/N-ethyl adjacent to an activating group) is 1. The maximum absolute atomic E-state index is 11.6. The van der Waals surface area contributed by atoms with Crippen molar-refractivity contribution in [3.63, 3.8) is 0 Å². The predicted octanol–water partition coefficient (Wildman–Crippen LogP) is 2.71. The molecule has 0 aromatic heterocycles. The van der Waals surface area contributed by atoms with Gasteiger partial charge in [0, 0.05) is 24.8 Å². The highest BCUT2D eigenvalue weighted by Crippen LogP contribution is 2.26. The van der Waals surface area contributed by atoms with Crippen LogP contribution in [0.3, 0.4) is 0 Å². The Morgan fingerprint density at radius 3 is 2.22 bits per heavy atom. The van der Waals surface area contributed by atoms with Crippen molar-refractivity contribution in [2.24, 2.45) is 0 Å². The van der Waals surface area contributed by atoms with Gasteiger partial charge in [0.1, 0.15) is 0 Å². The maximum Gasteiger partial charge on any atom is 0.234 e. The molecule has 4 nitrogen and oxygen atoms in total. The number of amides is 1. The Morgan fingerprint density at radius 2 is 1.74 bits per heavy atom. The van der Waals surface area contributed by atoms with E-state index in [0.29, 0.717) is 12.6 Å². The van der Waals surface area contributed by atoms with Gasteiger partial charge in [-0.15, -0.1) is 12.4 Å². The van der Waals surface area contributed by atoms with E-state index in [9.17, 15) is 4.79 Å². The molecule has 1 saturated heterocycles. The zero-order valence-electron chi connectivity index (χ0n) is 14.7. The van der Waals surface area contributed by atoms with Crippen molar-refractivity contribution in [2.75, 3.05) is 31.6 Å². The van der Waals surface area contributed by atoms with Crippen molar-refractivity contribution in [1.82, 2.24) is 10.6 Å². The fourth-order valence-corrected chi connectivity index (χ4v) is 2.89. The van der Waals surface area contributed by atoms with Crippen LogP contribution in [-0.2, 0) is 10.2 Å². The van der Waals surface area contributed by atoms with Crippen LogP contribution in [-0.4, -0.2) is 38.6 Å². The molecule has 1 aromatic carbocycles. The predicted molar refractivity (Wildman–Crippen MR) is 99.7 cm³/mol. The Labute approximate surface area is 146 Å². The van der Waals surface area contributed by atoms with Crippen LogP contribution in [0, 0.1) is 0 Å². The van der Waals surface area contributed by atoms with Crippen molar-refractivity contribution in [1.29, 1.82) is 0 Å². The fraction of sp³-hybridized carbons (Fsp3) is 0.611. The molecule has 130 valence electrons.